The maximum Gasteiger partial charge on any atom is 0.209 e. The van der Waals surface area contributed by atoms with Crippen molar-refractivity contribution in [1.82, 2.24) is 0 Å². The Bertz CT molecular complexity index is 445. The van der Waals surface area contributed by atoms with Gasteiger partial charge in [-0.1, -0.05) is 12.1 Å². The van der Waals surface area contributed by atoms with E-state index in [-0.39, 0.29) is 5.75 Å². The van der Waals surface area contributed by atoms with E-state index in [1.165, 1.54) is 0 Å². The van der Waals surface area contributed by atoms with Gasteiger partial charge in [-0.2, -0.15) is 0 Å². The van der Waals surface area contributed by atoms with E-state index in [0.717, 1.165) is 11.3 Å². The molecule has 0 bridgehead atoms. The lowest BCUT2D eigenvalue weighted by Crippen LogP contribution is -2.17. The molecule has 1 aromatic carbocycles. The quantitative estimate of drug-likeness (QED) is 0.738. The van der Waals surface area contributed by atoms with Gasteiger partial charge in [0.05, 0.1) is 19.5 Å². The fourth-order valence-electron chi connectivity index (χ4n) is 1.31. The zero-order chi connectivity index (χ0) is 12.7. The number of primary sulfonamides is 1. The third-order valence-electron chi connectivity index (χ3n) is 2.12. The minimum Gasteiger partial charge on any atom is -0.497 e. The van der Waals surface area contributed by atoms with Gasteiger partial charge in [-0.25, -0.2) is 13.6 Å². The van der Waals surface area contributed by atoms with Crippen molar-refractivity contribution in [2.75, 3.05) is 19.5 Å². The summed E-state index contributed by atoms with van der Waals surface area (Å²) >= 11 is 0. The average Bonchev–Trinajstić information content (AvgIpc) is 2.27. The van der Waals surface area contributed by atoms with Crippen molar-refractivity contribution in [3.63, 3.8) is 0 Å². The molecule has 0 atom stereocenters. The zero-order valence-corrected chi connectivity index (χ0v) is 10.6. The Morgan fingerprint density at radius 3 is 2.76 bits per heavy atom. The summed E-state index contributed by atoms with van der Waals surface area (Å²) < 4.78 is 31.7. The summed E-state index contributed by atoms with van der Waals surface area (Å²) in [5, 5.41) is 4.87. The molecular weight excluding hydrogens is 242 g/mol. The SMILES string of the molecule is COc1cccc(COCCCS(N)(=O)=O)c1. The highest BCUT2D eigenvalue weighted by Gasteiger charge is 2.02. The molecule has 0 saturated heterocycles. The third kappa shape index (κ3) is 6.25. The highest BCUT2D eigenvalue weighted by molar-refractivity contribution is 7.89. The molecule has 0 spiro atoms. The van der Waals surface area contributed by atoms with Crippen LogP contribution >= 0.6 is 0 Å². The van der Waals surface area contributed by atoms with Crippen LogP contribution in [-0.2, 0) is 21.4 Å². The Morgan fingerprint density at radius 1 is 1.35 bits per heavy atom. The second-order valence-corrected chi connectivity index (χ2v) is 5.36. The Kier molecular flexibility index (Phi) is 5.40. The zero-order valence-electron chi connectivity index (χ0n) is 9.76. The van der Waals surface area contributed by atoms with E-state index in [4.69, 9.17) is 14.6 Å². The first kappa shape index (κ1) is 14.0. The number of ether oxygens (including phenoxy) is 2. The predicted octanol–water partition coefficient (Wildman–Crippen LogP) is 0.890. The van der Waals surface area contributed by atoms with Crippen LogP contribution in [0.2, 0.25) is 0 Å². The van der Waals surface area contributed by atoms with Gasteiger partial charge in [0, 0.05) is 6.61 Å². The van der Waals surface area contributed by atoms with Gasteiger partial charge in [0.15, 0.2) is 0 Å². The van der Waals surface area contributed by atoms with Crippen LogP contribution in [0.1, 0.15) is 12.0 Å². The van der Waals surface area contributed by atoms with E-state index in [0.29, 0.717) is 19.6 Å². The number of benzene rings is 1. The van der Waals surface area contributed by atoms with Crippen molar-refractivity contribution in [1.29, 1.82) is 0 Å². The van der Waals surface area contributed by atoms with Crippen LogP contribution in [0.5, 0.6) is 5.75 Å². The smallest absolute Gasteiger partial charge is 0.209 e. The molecule has 1 aromatic rings. The van der Waals surface area contributed by atoms with Gasteiger partial charge in [-0.3, -0.25) is 0 Å². The normalized spacial score (nSPS) is 11.4. The molecule has 0 aromatic heterocycles. The fraction of sp³-hybridized carbons (Fsp3) is 0.455. The molecule has 1 rings (SSSR count). The summed E-state index contributed by atoms with van der Waals surface area (Å²) in [6.45, 7) is 0.801. The van der Waals surface area contributed by atoms with Crippen LogP contribution < -0.4 is 9.88 Å². The van der Waals surface area contributed by atoms with E-state index in [9.17, 15) is 8.42 Å². The first-order valence-corrected chi connectivity index (χ1v) is 6.94. The Morgan fingerprint density at radius 2 is 2.12 bits per heavy atom. The standard InChI is InChI=1S/C11H17NO4S/c1-15-11-5-2-4-10(8-11)9-16-6-3-7-17(12,13)14/h2,4-5,8H,3,6-7,9H2,1H3,(H2,12,13,14). The van der Waals surface area contributed by atoms with Gasteiger partial charge in [-0.15, -0.1) is 0 Å². The lowest BCUT2D eigenvalue weighted by molar-refractivity contribution is 0.121. The minimum atomic E-state index is -3.38. The summed E-state index contributed by atoms with van der Waals surface area (Å²) in [5.74, 6) is 0.723. The summed E-state index contributed by atoms with van der Waals surface area (Å²) in [6, 6.07) is 7.52. The van der Waals surface area contributed by atoms with Crippen molar-refractivity contribution in [3.8, 4) is 5.75 Å². The Hall–Kier alpha value is -1.11. The molecule has 0 unspecified atom stereocenters. The third-order valence-corrected chi connectivity index (χ3v) is 2.98. The molecule has 6 heteroatoms. The molecule has 96 valence electrons. The van der Waals surface area contributed by atoms with Crippen LogP contribution in [0.15, 0.2) is 24.3 Å². The van der Waals surface area contributed by atoms with E-state index in [1.54, 1.807) is 7.11 Å². The highest BCUT2D eigenvalue weighted by atomic mass is 32.2. The maximum atomic E-state index is 10.7. The lowest BCUT2D eigenvalue weighted by Gasteiger charge is -2.05. The molecule has 0 aliphatic rings. The Balaban J connectivity index is 2.26. The molecule has 0 radical (unpaired) electrons. The molecule has 0 amide bonds. The first-order valence-electron chi connectivity index (χ1n) is 5.22. The molecule has 0 aliphatic heterocycles. The van der Waals surface area contributed by atoms with E-state index >= 15 is 0 Å². The van der Waals surface area contributed by atoms with Crippen molar-refractivity contribution in [3.05, 3.63) is 29.8 Å². The molecule has 0 heterocycles. The van der Waals surface area contributed by atoms with Crippen LogP contribution in [0.3, 0.4) is 0 Å². The largest absolute Gasteiger partial charge is 0.497 e. The van der Waals surface area contributed by atoms with Gasteiger partial charge in [0.2, 0.25) is 10.0 Å². The summed E-state index contributed by atoms with van der Waals surface area (Å²) in [5.41, 5.74) is 0.986. The average molecular weight is 259 g/mol. The van der Waals surface area contributed by atoms with Crippen molar-refractivity contribution >= 4 is 10.0 Å². The van der Waals surface area contributed by atoms with Crippen LogP contribution in [0, 0.1) is 0 Å². The highest BCUT2D eigenvalue weighted by Crippen LogP contribution is 2.13. The van der Waals surface area contributed by atoms with Gasteiger partial charge in [0.25, 0.3) is 0 Å². The van der Waals surface area contributed by atoms with Crippen molar-refractivity contribution in [2.45, 2.75) is 13.0 Å². The molecule has 0 saturated carbocycles. The molecule has 2 N–H and O–H groups in total. The minimum absolute atomic E-state index is 0.0505. The number of hydrogen-bond donors (Lipinski definition) is 1. The Labute approximate surface area is 102 Å². The van der Waals surface area contributed by atoms with E-state index in [1.807, 2.05) is 24.3 Å². The van der Waals surface area contributed by atoms with E-state index in [2.05, 4.69) is 0 Å². The first-order chi connectivity index (χ1) is 8.01. The summed E-state index contributed by atoms with van der Waals surface area (Å²) in [6.07, 6.45) is 0.406. The van der Waals surface area contributed by atoms with Gasteiger partial charge < -0.3 is 9.47 Å². The van der Waals surface area contributed by atoms with Crippen molar-refractivity contribution < 1.29 is 17.9 Å². The predicted molar refractivity (Wildman–Crippen MR) is 65.2 cm³/mol. The lowest BCUT2D eigenvalue weighted by atomic mass is 10.2. The molecule has 0 fully saturated rings. The van der Waals surface area contributed by atoms with Gasteiger partial charge in [-0.05, 0) is 24.1 Å². The van der Waals surface area contributed by atoms with Gasteiger partial charge >= 0.3 is 0 Å². The fourth-order valence-corrected chi connectivity index (χ4v) is 1.83. The number of methoxy groups -OCH3 is 1. The summed E-state index contributed by atoms with van der Waals surface area (Å²) in [7, 11) is -1.78. The number of rotatable bonds is 7. The monoisotopic (exact) mass is 259 g/mol. The number of sulfonamides is 1. The van der Waals surface area contributed by atoms with Crippen LogP contribution in [-0.4, -0.2) is 27.9 Å². The van der Waals surface area contributed by atoms with E-state index < -0.39 is 10.0 Å². The van der Waals surface area contributed by atoms with Crippen LogP contribution in [0.4, 0.5) is 0 Å². The summed E-state index contributed by atoms with van der Waals surface area (Å²) in [4.78, 5) is 0. The molecular formula is C11H17NO4S. The molecule has 17 heavy (non-hydrogen) atoms. The second kappa shape index (κ2) is 6.58. The number of nitrogens with two attached hydrogens (primary N) is 1. The van der Waals surface area contributed by atoms with Gasteiger partial charge in [0.1, 0.15) is 5.75 Å². The molecule has 0 aliphatic carbocycles. The van der Waals surface area contributed by atoms with Crippen LogP contribution in [0.25, 0.3) is 0 Å². The topological polar surface area (TPSA) is 78.6 Å². The number of hydrogen-bond acceptors (Lipinski definition) is 4. The van der Waals surface area contributed by atoms with Crippen molar-refractivity contribution in [2.24, 2.45) is 5.14 Å². The maximum absolute atomic E-state index is 10.7. The second-order valence-electron chi connectivity index (χ2n) is 3.62. The molecule has 5 nitrogen and oxygen atoms in total.